The van der Waals surface area contributed by atoms with E-state index in [4.69, 9.17) is 18.9 Å². The van der Waals surface area contributed by atoms with Gasteiger partial charge in [0.2, 0.25) is 5.75 Å². The van der Waals surface area contributed by atoms with Crippen LogP contribution in [0.15, 0.2) is 34.7 Å². The molecule has 1 aromatic carbocycles. The van der Waals surface area contributed by atoms with Gasteiger partial charge in [-0.1, -0.05) is 13.0 Å². The minimum absolute atomic E-state index is 0.0277. The highest BCUT2D eigenvalue weighted by Crippen LogP contribution is 2.50. The van der Waals surface area contributed by atoms with Crippen molar-refractivity contribution in [3.05, 3.63) is 40.2 Å². The Hall–Kier alpha value is -2.61. The number of carbonyl (C=O) groups is 2. The van der Waals surface area contributed by atoms with Crippen LogP contribution in [0.2, 0.25) is 0 Å². The largest absolute Gasteiger partial charge is 0.493 e. The summed E-state index contributed by atoms with van der Waals surface area (Å²) in [5.41, 5.74) is 3.24. The Bertz CT molecular complexity index is 952. The highest BCUT2D eigenvalue weighted by molar-refractivity contribution is 7.99. The lowest BCUT2D eigenvalue weighted by atomic mass is 9.75. The Morgan fingerprint density at radius 1 is 1.12 bits per heavy atom. The topological polar surface area (TPSA) is 83.1 Å². The first-order valence-corrected chi connectivity index (χ1v) is 11.9. The Balaban J connectivity index is 2.14. The summed E-state index contributed by atoms with van der Waals surface area (Å²) in [7, 11) is 4.62. The predicted octanol–water partition coefficient (Wildman–Crippen LogP) is 3.98. The van der Waals surface area contributed by atoms with Crippen LogP contribution in [-0.4, -0.2) is 51.2 Å². The first-order valence-electron chi connectivity index (χ1n) is 10.8. The molecule has 3 rings (SSSR count). The molecule has 1 aliphatic carbocycles. The third kappa shape index (κ3) is 4.60. The average Bonchev–Trinajstić information content (AvgIpc) is 2.79. The SMILES string of the molecule is CCSCCOC(=O)C1=C(C)NC2=C(C(=O)CCC2)[C@H]1c1ccc(OC)c(OC)c1OC. The van der Waals surface area contributed by atoms with Gasteiger partial charge < -0.3 is 24.3 Å². The van der Waals surface area contributed by atoms with Crippen LogP contribution >= 0.6 is 11.8 Å². The molecule has 0 amide bonds. The summed E-state index contributed by atoms with van der Waals surface area (Å²) in [5, 5.41) is 3.31. The van der Waals surface area contributed by atoms with Crippen molar-refractivity contribution in [2.24, 2.45) is 0 Å². The molecule has 1 aromatic rings. The second kappa shape index (κ2) is 10.8. The Labute approximate surface area is 193 Å². The maximum atomic E-state index is 13.3. The van der Waals surface area contributed by atoms with Gasteiger partial charge in [-0.2, -0.15) is 11.8 Å². The molecular weight excluding hydrogens is 430 g/mol. The quantitative estimate of drug-likeness (QED) is 0.437. The first-order chi connectivity index (χ1) is 15.5. The van der Waals surface area contributed by atoms with Gasteiger partial charge in [0.15, 0.2) is 17.3 Å². The lowest BCUT2D eigenvalue weighted by Crippen LogP contribution is -2.34. The molecule has 174 valence electrons. The summed E-state index contributed by atoms with van der Waals surface area (Å²) in [5.74, 6) is 2.02. The highest BCUT2D eigenvalue weighted by atomic mass is 32.2. The maximum Gasteiger partial charge on any atom is 0.336 e. The number of ketones is 1. The van der Waals surface area contributed by atoms with Gasteiger partial charge in [-0.25, -0.2) is 4.79 Å². The van der Waals surface area contributed by atoms with Crippen molar-refractivity contribution in [2.45, 2.75) is 39.0 Å². The van der Waals surface area contributed by atoms with E-state index in [-0.39, 0.29) is 5.78 Å². The van der Waals surface area contributed by atoms with Crippen LogP contribution in [-0.2, 0) is 14.3 Å². The number of hydrogen-bond acceptors (Lipinski definition) is 8. The van der Waals surface area contributed by atoms with Gasteiger partial charge in [0, 0.05) is 34.7 Å². The molecular formula is C24H31NO6S. The number of dihydropyridines is 1. The molecule has 7 nitrogen and oxygen atoms in total. The molecule has 1 heterocycles. The number of allylic oxidation sites excluding steroid dienone is 3. The van der Waals surface area contributed by atoms with Crippen LogP contribution in [0, 0.1) is 0 Å². The minimum Gasteiger partial charge on any atom is -0.493 e. The fourth-order valence-corrected chi connectivity index (χ4v) is 4.82. The standard InChI is InChI=1S/C24H31NO6S/c1-6-32-13-12-31-24(27)19-14(2)25-16-8-7-9-17(26)21(16)20(19)15-10-11-18(28-3)23(30-5)22(15)29-4/h10-11,20,25H,6-9,12-13H2,1-5H3/t20-/m0/s1. The van der Waals surface area contributed by atoms with E-state index in [1.165, 1.54) is 14.2 Å². The molecule has 1 aliphatic heterocycles. The van der Waals surface area contributed by atoms with Crippen molar-refractivity contribution >= 4 is 23.5 Å². The average molecular weight is 462 g/mol. The number of Topliss-reactive ketones (excluding diaryl/α,β-unsaturated/α-hetero) is 1. The normalized spacial score (nSPS) is 18.2. The van der Waals surface area contributed by atoms with Gasteiger partial charge in [-0.3, -0.25) is 4.79 Å². The second-order valence-corrected chi connectivity index (χ2v) is 8.92. The number of ether oxygens (including phenoxy) is 4. The number of rotatable bonds is 9. The zero-order chi connectivity index (χ0) is 23.3. The summed E-state index contributed by atoms with van der Waals surface area (Å²) < 4.78 is 22.3. The van der Waals surface area contributed by atoms with Crippen molar-refractivity contribution in [3.63, 3.8) is 0 Å². The van der Waals surface area contributed by atoms with Crippen molar-refractivity contribution in [1.82, 2.24) is 5.32 Å². The number of benzene rings is 1. The van der Waals surface area contributed by atoms with Gasteiger partial charge in [-0.05, 0) is 31.6 Å². The van der Waals surface area contributed by atoms with Gasteiger partial charge in [0.1, 0.15) is 6.61 Å². The molecule has 2 aliphatic rings. The molecule has 0 saturated carbocycles. The lowest BCUT2D eigenvalue weighted by Gasteiger charge is -2.35. The molecule has 8 heteroatoms. The van der Waals surface area contributed by atoms with Gasteiger partial charge in [0.25, 0.3) is 0 Å². The predicted molar refractivity (Wildman–Crippen MR) is 125 cm³/mol. The number of esters is 1. The van der Waals surface area contributed by atoms with E-state index in [9.17, 15) is 9.59 Å². The second-order valence-electron chi connectivity index (χ2n) is 7.52. The van der Waals surface area contributed by atoms with Crippen molar-refractivity contribution in [1.29, 1.82) is 0 Å². The monoisotopic (exact) mass is 461 g/mol. The summed E-state index contributed by atoms with van der Waals surface area (Å²) in [6.07, 6.45) is 1.98. The third-order valence-electron chi connectivity index (χ3n) is 5.71. The van der Waals surface area contributed by atoms with Crippen LogP contribution in [0.5, 0.6) is 17.2 Å². The molecule has 0 unspecified atom stereocenters. The zero-order valence-electron chi connectivity index (χ0n) is 19.3. The fourth-order valence-electron chi connectivity index (χ4n) is 4.33. The Kier molecular flexibility index (Phi) is 8.12. The van der Waals surface area contributed by atoms with Gasteiger partial charge >= 0.3 is 5.97 Å². The maximum absolute atomic E-state index is 13.3. The molecule has 1 N–H and O–H groups in total. The van der Waals surface area contributed by atoms with Crippen molar-refractivity contribution in [3.8, 4) is 17.2 Å². The van der Waals surface area contributed by atoms with Crippen LogP contribution in [0.4, 0.5) is 0 Å². The van der Waals surface area contributed by atoms with Crippen LogP contribution in [0.3, 0.4) is 0 Å². The fraction of sp³-hybridized carbons (Fsp3) is 0.500. The minimum atomic E-state index is -0.611. The Morgan fingerprint density at radius 2 is 1.88 bits per heavy atom. The zero-order valence-corrected chi connectivity index (χ0v) is 20.1. The smallest absolute Gasteiger partial charge is 0.336 e. The van der Waals surface area contributed by atoms with E-state index in [1.807, 2.05) is 13.0 Å². The van der Waals surface area contributed by atoms with Crippen LogP contribution in [0.1, 0.15) is 44.6 Å². The molecule has 0 fully saturated rings. The van der Waals surface area contributed by atoms with Gasteiger partial charge in [0.05, 0.1) is 32.8 Å². The van der Waals surface area contributed by atoms with Crippen molar-refractivity contribution in [2.75, 3.05) is 39.4 Å². The summed E-state index contributed by atoms with van der Waals surface area (Å²) in [4.78, 5) is 26.3. The molecule has 0 saturated heterocycles. The van der Waals surface area contributed by atoms with E-state index in [0.29, 0.717) is 52.7 Å². The first kappa shape index (κ1) is 24.0. The van der Waals surface area contributed by atoms with E-state index >= 15 is 0 Å². The van der Waals surface area contributed by atoms with E-state index in [1.54, 1.807) is 24.9 Å². The molecule has 32 heavy (non-hydrogen) atoms. The molecule has 0 radical (unpaired) electrons. The van der Waals surface area contributed by atoms with E-state index < -0.39 is 11.9 Å². The van der Waals surface area contributed by atoms with Crippen molar-refractivity contribution < 1.29 is 28.5 Å². The lowest BCUT2D eigenvalue weighted by molar-refractivity contribution is -0.138. The third-order valence-corrected chi connectivity index (χ3v) is 6.57. The Morgan fingerprint density at radius 3 is 2.53 bits per heavy atom. The number of nitrogens with one attached hydrogen (secondary N) is 1. The summed E-state index contributed by atoms with van der Waals surface area (Å²) in [6, 6.07) is 3.60. The van der Waals surface area contributed by atoms with E-state index in [2.05, 4.69) is 12.2 Å². The van der Waals surface area contributed by atoms with Crippen LogP contribution < -0.4 is 19.5 Å². The summed E-state index contributed by atoms with van der Waals surface area (Å²) >= 11 is 1.71. The molecule has 0 bridgehead atoms. The number of methoxy groups -OCH3 is 3. The molecule has 1 atom stereocenters. The highest BCUT2D eigenvalue weighted by Gasteiger charge is 2.41. The summed E-state index contributed by atoms with van der Waals surface area (Å²) in [6.45, 7) is 4.22. The van der Waals surface area contributed by atoms with E-state index in [0.717, 1.165) is 30.0 Å². The number of hydrogen-bond donors (Lipinski definition) is 1. The molecule has 0 aromatic heterocycles. The van der Waals surface area contributed by atoms with Gasteiger partial charge in [-0.15, -0.1) is 0 Å². The number of carbonyl (C=O) groups excluding carboxylic acids is 2. The van der Waals surface area contributed by atoms with Crippen LogP contribution in [0.25, 0.3) is 0 Å². The molecule has 0 spiro atoms. The number of thioether (sulfide) groups is 1.